The van der Waals surface area contributed by atoms with Crippen molar-refractivity contribution in [3.05, 3.63) is 41.5 Å². The quantitative estimate of drug-likeness (QED) is 0.615. The Hall–Kier alpha value is -2.30. The van der Waals surface area contributed by atoms with Crippen molar-refractivity contribution in [2.45, 2.75) is 45.1 Å². The van der Waals surface area contributed by atoms with Crippen molar-refractivity contribution in [2.75, 3.05) is 13.7 Å². The van der Waals surface area contributed by atoms with Crippen LogP contribution >= 0.6 is 0 Å². The van der Waals surface area contributed by atoms with Crippen LogP contribution in [0.1, 0.15) is 49.4 Å². The number of rotatable bonds is 7. The fraction of sp³-hybridized carbons (Fsp3) is 0.474. The summed E-state index contributed by atoms with van der Waals surface area (Å²) in [6.07, 6.45) is 7.05. The molecule has 0 aromatic heterocycles. The molecular weight excluding hydrogens is 306 g/mol. The van der Waals surface area contributed by atoms with Crippen molar-refractivity contribution in [1.82, 2.24) is 5.32 Å². The number of allylic oxidation sites excluding steroid dienone is 1. The Balaban J connectivity index is 1.77. The molecule has 5 nitrogen and oxygen atoms in total. The minimum Gasteiger partial charge on any atom is -0.497 e. The molecule has 0 aliphatic heterocycles. The van der Waals surface area contributed by atoms with E-state index >= 15 is 0 Å². The molecule has 0 bridgehead atoms. The highest BCUT2D eigenvalue weighted by Crippen LogP contribution is 2.19. The molecule has 0 spiro atoms. The Morgan fingerprint density at radius 3 is 2.83 bits per heavy atom. The average molecular weight is 331 g/mol. The predicted octanol–water partition coefficient (Wildman–Crippen LogP) is 3.25. The first-order chi connectivity index (χ1) is 11.6. The lowest BCUT2D eigenvalue weighted by molar-refractivity contribution is -0.129. The van der Waals surface area contributed by atoms with Crippen LogP contribution < -0.4 is 10.1 Å². The van der Waals surface area contributed by atoms with Crippen molar-refractivity contribution in [3.8, 4) is 5.75 Å². The maximum atomic E-state index is 12.1. The van der Waals surface area contributed by atoms with Crippen LogP contribution in [0.3, 0.4) is 0 Å². The van der Waals surface area contributed by atoms with Crippen molar-refractivity contribution < 1.29 is 19.1 Å². The molecule has 1 unspecified atom stereocenters. The van der Waals surface area contributed by atoms with Crippen LogP contribution in [0.15, 0.2) is 35.9 Å². The summed E-state index contributed by atoms with van der Waals surface area (Å²) in [6.45, 7) is 2.15. The molecule has 1 aromatic rings. The summed E-state index contributed by atoms with van der Waals surface area (Å²) in [4.78, 5) is 24.1. The van der Waals surface area contributed by atoms with E-state index in [9.17, 15) is 9.59 Å². The number of methoxy groups -OCH3 is 1. The molecule has 0 heterocycles. The van der Waals surface area contributed by atoms with Gasteiger partial charge in [0, 0.05) is 6.54 Å². The van der Waals surface area contributed by atoms with Gasteiger partial charge in [-0.25, -0.2) is 4.79 Å². The summed E-state index contributed by atoms with van der Waals surface area (Å²) >= 11 is 0. The highest BCUT2D eigenvalue weighted by molar-refractivity contribution is 5.92. The second kappa shape index (κ2) is 9.11. The minimum atomic E-state index is -0.830. The summed E-state index contributed by atoms with van der Waals surface area (Å²) in [5.74, 6) is -0.239. The van der Waals surface area contributed by atoms with Gasteiger partial charge in [0.05, 0.1) is 12.7 Å². The average Bonchev–Trinajstić information content (AvgIpc) is 2.62. The molecule has 2 rings (SSSR count). The highest BCUT2D eigenvalue weighted by atomic mass is 16.5. The topological polar surface area (TPSA) is 64.6 Å². The Morgan fingerprint density at radius 1 is 1.29 bits per heavy atom. The van der Waals surface area contributed by atoms with Crippen molar-refractivity contribution in [1.29, 1.82) is 0 Å². The van der Waals surface area contributed by atoms with Crippen LogP contribution in [-0.4, -0.2) is 31.6 Å². The van der Waals surface area contributed by atoms with Crippen LogP contribution in [0, 0.1) is 0 Å². The van der Waals surface area contributed by atoms with Gasteiger partial charge < -0.3 is 14.8 Å². The van der Waals surface area contributed by atoms with E-state index in [1.807, 2.05) is 0 Å². The molecule has 0 radical (unpaired) electrons. The van der Waals surface area contributed by atoms with E-state index in [1.54, 1.807) is 31.2 Å². The van der Waals surface area contributed by atoms with Gasteiger partial charge in [-0.15, -0.1) is 0 Å². The molecule has 1 aliphatic carbocycles. The summed E-state index contributed by atoms with van der Waals surface area (Å²) in [6, 6.07) is 6.67. The highest BCUT2D eigenvalue weighted by Gasteiger charge is 2.19. The fourth-order valence-corrected chi connectivity index (χ4v) is 2.65. The van der Waals surface area contributed by atoms with Crippen LogP contribution in [-0.2, 0) is 9.53 Å². The predicted molar refractivity (Wildman–Crippen MR) is 92.0 cm³/mol. The molecule has 0 saturated carbocycles. The molecule has 1 atom stereocenters. The number of carbonyl (C=O) groups is 2. The smallest absolute Gasteiger partial charge is 0.339 e. The van der Waals surface area contributed by atoms with Crippen LogP contribution in [0.25, 0.3) is 0 Å². The van der Waals surface area contributed by atoms with Gasteiger partial charge in [0.25, 0.3) is 5.91 Å². The molecule has 24 heavy (non-hydrogen) atoms. The fourth-order valence-electron chi connectivity index (χ4n) is 2.65. The second-order valence-corrected chi connectivity index (χ2v) is 5.93. The van der Waals surface area contributed by atoms with Gasteiger partial charge in [-0.3, -0.25) is 4.79 Å². The maximum Gasteiger partial charge on any atom is 0.339 e. The standard InChI is InChI=1S/C19H25NO4/c1-14(18(21)20-12-11-15-7-4-3-5-8-15)24-19(22)16-9-6-10-17(13-16)23-2/h6-7,9-10,13-14H,3-5,8,11-12H2,1-2H3,(H,20,21). The number of hydrogen-bond donors (Lipinski definition) is 1. The summed E-state index contributed by atoms with van der Waals surface area (Å²) in [5.41, 5.74) is 1.77. The van der Waals surface area contributed by atoms with Gasteiger partial charge in [0.2, 0.25) is 0 Å². The Morgan fingerprint density at radius 2 is 2.12 bits per heavy atom. The van der Waals surface area contributed by atoms with Crippen LogP contribution in [0.4, 0.5) is 0 Å². The lowest BCUT2D eigenvalue weighted by atomic mass is 9.97. The molecule has 5 heteroatoms. The molecule has 0 fully saturated rings. The number of carbonyl (C=O) groups excluding carboxylic acids is 2. The summed E-state index contributed by atoms with van der Waals surface area (Å²) in [7, 11) is 1.53. The van der Waals surface area contributed by atoms with Gasteiger partial charge in [0.15, 0.2) is 6.10 Å². The first-order valence-corrected chi connectivity index (χ1v) is 8.41. The Bertz CT molecular complexity index is 609. The number of amides is 1. The number of nitrogens with one attached hydrogen (secondary N) is 1. The van der Waals surface area contributed by atoms with E-state index in [4.69, 9.17) is 9.47 Å². The van der Waals surface area contributed by atoms with Gasteiger partial charge >= 0.3 is 5.97 Å². The molecular formula is C19H25NO4. The van der Waals surface area contributed by atoms with E-state index in [0.717, 1.165) is 19.3 Å². The number of ether oxygens (including phenoxy) is 2. The molecule has 1 N–H and O–H groups in total. The van der Waals surface area contributed by atoms with Crippen LogP contribution in [0.2, 0.25) is 0 Å². The molecule has 1 amide bonds. The Labute approximate surface area is 143 Å². The van der Waals surface area contributed by atoms with E-state index in [-0.39, 0.29) is 5.91 Å². The van der Waals surface area contributed by atoms with E-state index < -0.39 is 12.1 Å². The number of benzene rings is 1. The minimum absolute atomic E-state index is 0.275. The first kappa shape index (κ1) is 18.0. The zero-order valence-electron chi connectivity index (χ0n) is 14.3. The van der Waals surface area contributed by atoms with Gasteiger partial charge in [-0.1, -0.05) is 17.7 Å². The molecule has 130 valence electrons. The normalized spacial score (nSPS) is 15.2. The lowest BCUT2D eigenvalue weighted by Gasteiger charge is -2.15. The largest absolute Gasteiger partial charge is 0.497 e. The van der Waals surface area contributed by atoms with Crippen molar-refractivity contribution in [3.63, 3.8) is 0 Å². The monoisotopic (exact) mass is 331 g/mol. The second-order valence-electron chi connectivity index (χ2n) is 5.93. The lowest BCUT2D eigenvalue weighted by Crippen LogP contribution is -2.36. The van der Waals surface area contributed by atoms with E-state index in [2.05, 4.69) is 11.4 Å². The molecule has 0 saturated heterocycles. The van der Waals surface area contributed by atoms with E-state index in [0.29, 0.717) is 17.9 Å². The van der Waals surface area contributed by atoms with Crippen LogP contribution in [0.5, 0.6) is 5.75 Å². The first-order valence-electron chi connectivity index (χ1n) is 8.41. The summed E-state index contributed by atoms with van der Waals surface area (Å²) < 4.78 is 10.3. The maximum absolute atomic E-state index is 12.1. The third-order valence-electron chi connectivity index (χ3n) is 4.09. The Kier molecular flexibility index (Phi) is 6.85. The number of hydrogen-bond acceptors (Lipinski definition) is 4. The van der Waals surface area contributed by atoms with Crippen molar-refractivity contribution >= 4 is 11.9 Å². The van der Waals surface area contributed by atoms with Crippen molar-refractivity contribution in [2.24, 2.45) is 0 Å². The third-order valence-corrected chi connectivity index (χ3v) is 4.09. The number of esters is 1. The zero-order valence-corrected chi connectivity index (χ0v) is 14.3. The van der Waals surface area contributed by atoms with Gasteiger partial charge in [-0.2, -0.15) is 0 Å². The molecule has 1 aromatic carbocycles. The third kappa shape index (κ3) is 5.41. The summed E-state index contributed by atoms with van der Waals surface area (Å²) in [5, 5.41) is 2.83. The zero-order chi connectivity index (χ0) is 17.4. The van der Waals surface area contributed by atoms with E-state index in [1.165, 1.54) is 25.5 Å². The molecule has 1 aliphatic rings. The van der Waals surface area contributed by atoms with Gasteiger partial charge in [0.1, 0.15) is 5.75 Å². The SMILES string of the molecule is COc1cccc(C(=O)OC(C)C(=O)NCCC2=CCCCC2)c1. The van der Waals surface area contributed by atoms with Gasteiger partial charge in [-0.05, 0) is 57.2 Å².